The molecule has 5 nitrogen and oxygen atoms in total. The SMILES string of the molecule is COc1cc(CNC(=O)C(SCc2ccccc2)C(C)C)cc(OC)c1OC. The molecule has 1 unspecified atom stereocenters. The molecule has 0 aliphatic carbocycles. The number of methoxy groups -OCH3 is 3. The Morgan fingerprint density at radius 2 is 1.57 bits per heavy atom. The van der Waals surface area contributed by atoms with Crippen LogP contribution in [0.1, 0.15) is 25.0 Å². The van der Waals surface area contributed by atoms with Gasteiger partial charge in [0, 0.05) is 12.3 Å². The molecule has 2 aromatic rings. The van der Waals surface area contributed by atoms with Gasteiger partial charge in [0.1, 0.15) is 0 Å². The lowest BCUT2D eigenvalue weighted by atomic mass is 10.1. The Balaban J connectivity index is 2.04. The first kappa shape index (κ1) is 22.0. The van der Waals surface area contributed by atoms with Crippen molar-refractivity contribution in [2.45, 2.75) is 31.4 Å². The van der Waals surface area contributed by atoms with E-state index in [1.807, 2.05) is 30.3 Å². The standard InChI is InChI=1S/C22H29NO4S/c1-15(2)21(28-14-16-9-7-6-8-10-16)22(24)23-13-17-11-18(25-3)20(27-5)19(12-17)26-4/h6-12,15,21H,13-14H2,1-5H3,(H,23,24). The average Bonchev–Trinajstić information content (AvgIpc) is 2.71. The summed E-state index contributed by atoms with van der Waals surface area (Å²) in [6.07, 6.45) is 0. The maximum absolute atomic E-state index is 12.8. The van der Waals surface area contributed by atoms with Crippen LogP contribution >= 0.6 is 11.8 Å². The molecule has 1 N–H and O–H groups in total. The van der Waals surface area contributed by atoms with Crippen LogP contribution in [0, 0.1) is 5.92 Å². The molecule has 0 spiro atoms. The quantitative estimate of drug-likeness (QED) is 0.641. The van der Waals surface area contributed by atoms with Gasteiger partial charge >= 0.3 is 0 Å². The van der Waals surface area contributed by atoms with Gasteiger partial charge < -0.3 is 19.5 Å². The number of benzene rings is 2. The summed E-state index contributed by atoms with van der Waals surface area (Å²) in [6, 6.07) is 13.9. The highest BCUT2D eigenvalue weighted by atomic mass is 32.2. The first-order chi connectivity index (χ1) is 13.5. The monoisotopic (exact) mass is 403 g/mol. The Kier molecular flexibility index (Phi) is 8.51. The Morgan fingerprint density at radius 3 is 2.07 bits per heavy atom. The fourth-order valence-corrected chi connectivity index (χ4v) is 4.04. The number of carbonyl (C=O) groups excluding carboxylic acids is 1. The van der Waals surface area contributed by atoms with Crippen molar-refractivity contribution in [3.63, 3.8) is 0 Å². The third-order valence-electron chi connectivity index (χ3n) is 4.33. The van der Waals surface area contributed by atoms with Gasteiger partial charge in [-0.2, -0.15) is 0 Å². The molecule has 0 saturated heterocycles. The predicted molar refractivity (Wildman–Crippen MR) is 114 cm³/mol. The maximum Gasteiger partial charge on any atom is 0.233 e. The van der Waals surface area contributed by atoms with Crippen molar-refractivity contribution < 1.29 is 19.0 Å². The van der Waals surface area contributed by atoms with Crippen LogP contribution in [-0.2, 0) is 17.1 Å². The summed E-state index contributed by atoms with van der Waals surface area (Å²) in [5.41, 5.74) is 2.11. The molecule has 6 heteroatoms. The summed E-state index contributed by atoms with van der Waals surface area (Å²) < 4.78 is 16.1. The fraction of sp³-hybridized carbons (Fsp3) is 0.409. The number of carbonyl (C=O) groups is 1. The molecular formula is C22H29NO4S. The summed E-state index contributed by atoms with van der Waals surface area (Å²) in [5, 5.41) is 2.92. The van der Waals surface area contributed by atoms with E-state index in [4.69, 9.17) is 14.2 Å². The Labute approximate surface area is 171 Å². The van der Waals surface area contributed by atoms with Crippen LogP contribution < -0.4 is 19.5 Å². The minimum absolute atomic E-state index is 0.0321. The summed E-state index contributed by atoms with van der Waals surface area (Å²) in [7, 11) is 4.72. The normalized spacial score (nSPS) is 11.8. The van der Waals surface area contributed by atoms with Gasteiger partial charge in [-0.1, -0.05) is 44.2 Å². The second-order valence-electron chi connectivity index (χ2n) is 6.71. The third kappa shape index (κ3) is 5.83. The molecule has 0 saturated carbocycles. The summed E-state index contributed by atoms with van der Waals surface area (Å²) in [6.45, 7) is 4.54. The van der Waals surface area contributed by atoms with Gasteiger partial charge in [0.25, 0.3) is 0 Å². The van der Waals surface area contributed by atoms with Crippen LogP contribution in [0.3, 0.4) is 0 Å². The van der Waals surface area contributed by atoms with Gasteiger partial charge in [-0.3, -0.25) is 4.79 Å². The summed E-state index contributed by atoms with van der Waals surface area (Å²) >= 11 is 1.67. The van der Waals surface area contributed by atoms with Crippen molar-refractivity contribution in [2.75, 3.05) is 21.3 Å². The number of amides is 1. The first-order valence-corrected chi connectivity index (χ1v) is 10.3. The molecular weight excluding hydrogens is 374 g/mol. The van der Waals surface area contributed by atoms with E-state index in [2.05, 4.69) is 31.3 Å². The molecule has 1 atom stereocenters. The highest BCUT2D eigenvalue weighted by Crippen LogP contribution is 2.38. The molecule has 2 aromatic carbocycles. The Hall–Kier alpha value is -2.34. The highest BCUT2D eigenvalue weighted by Gasteiger charge is 2.23. The average molecular weight is 404 g/mol. The lowest BCUT2D eigenvalue weighted by Crippen LogP contribution is -2.35. The van der Waals surface area contributed by atoms with Crippen molar-refractivity contribution in [2.24, 2.45) is 5.92 Å². The van der Waals surface area contributed by atoms with Gasteiger partial charge in [0.05, 0.1) is 26.6 Å². The zero-order valence-corrected chi connectivity index (χ0v) is 18.0. The second-order valence-corrected chi connectivity index (χ2v) is 7.84. The number of thioether (sulfide) groups is 1. The number of hydrogen-bond acceptors (Lipinski definition) is 5. The van der Waals surface area contributed by atoms with E-state index in [0.29, 0.717) is 23.8 Å². The van der Waals surface area contributed by atoms with Gasteiger partial charge in [-0.05, 0) is 29.2 Å². The zero-order chi connectivity index (χ0) is 20.5. The Bertz CT molecular complexity index is 739. The third-order valence-corrected chi connectivity index (χ3v) is 5.95. The number of hydrogen-bond donors (Lipinski definition) is 1. The topological polar surface area (TPSA) is 56.8 Å². The van der Waals surface area contributed by atoms with Crippen molar-refractivity contribution >= 4 is 17.7 Å². The van der Waals surface area contributed by atoms with Gasteiger partial charge in [0.15, 0.2) is 11.5 Å². The van der Waals surface area contributed by atoms with E-state index in [9.17, 15) is 4.79 Å². The van der Waals surface area contributed by atoms with Crippen molar-refractivity contribution in [1.82, 2.24) is 5.32 Å². The number of ether oxygens (including phenoxy) is 3. The summed E-state index contributed by atoms with van der Waals surface area (Å²) in [5.74, 6) is 2.76. The first-order valence-electron chi connectivity index (χ1n) is 9.22. The van der Waals surface area contributed by atoms with Crippen molar-refractivity contribution in [3.05, 3.63) is 53.6 Å². The predicted octanol–water partition coefficient (Wildman–Crippen LogP) is 4.29. The van der Waals surface area contributed by atoms with Gasteiger partial charge in [0.2, 0.25) is 11.7 Å². The lowest BCUT2D eigenvalue weighted by Gasteiger charge is -2.20. The second kappa shape index (κ2) is 10.9. The van der Waals surface area contributed by atoms with E-state index >= 15 is 0 Å². The van der Waals surface area contributed by atoms with Gasteiger partial charge in [-0.25, -0.2) is 0 Å². The molecule has 1 amide bonds. The number of rotatable bonds is 10. The molecule has 0 bridgehead atoms. The lowest BCUT2D eigenvalue weighted by molar-refractivity contribution is -0.121. The molecule has 0 aliphatic rings. The summed E-state index contributed by atoms with van der Waals surface area (Å²) in [4.78, 5) is 12.8. The van der Waals surface area contributed by atoms with Crippen molar-refractivity contribution in [3.8, 4) is 17.2 Å². The minimum atomic E-state index is -0.123. The smallest absolute Gasteiger partial charge is 0.233 e. The molecule has 0 fully saturated rings. The minimum Gasteiger partial charge on any atom is -0.493 e. The fourth-order valence-electron chi connectivity index (χ4n) is 2.86. The maximum atomic E-state index is 12.8. The molecule has 2 rings (SSSR count). The van der Waals surface area contributed by atoms with Crippen LogP contribution in [0.2, 0.25) is 0 Å². The molecule has 28 heavy (non-hydrogen) atoms. The van der Waals surface area contributed by atoms with E-state index in [-0.39, 0.29) is 17.1 Å². The van der Waals surface area contributed by atoms with Crippen LogP contribution in [-0.4, -0.2) is 32.5 Å². The van der Waals surface area contributed by atoms with Crippen LogP contribution in [0.5, 0.6) is 17.2 Å². The number of nitrogens with one attached hydrogen (secondary N) is 1. The Morgan fingerprint density at radius 1 is 0.964 bits per heavy atom. The van der Waals surface area contributed by atoms with E-state index in [0.717, 1.165) is 11.3 Å². The van der Waals surface area contributed by atoms with Crippen LogP contribution in [0.25, 0.3) is 0 Å². The molecule has 0 aromatic heterocycles. The highest BCUT2D eigenvalue weighted by molar-refractivity contribution is 7.99. The van der Waals surface area contributed by atoms with E-state index in [1.165, 1.54) is 5.56 Å². The van der Waals surface area contributed by atoms with Crippen molar-refractivity contribution in [1.29, 1.82) is 0 Å². The largest absolute Gasteiger partial charge is 0.493 e. The zero-order valence-electron chi connectivity index (χ0n) is 17.2. The van der Waals surface area contributed by atoms with Crippen LogP contribution in [0.4, 0.5) is 0 Å². The molecule has 0 radical (unpaired) electrons. The van der Waals surface area contributed by atoms with E-state index in [1.54, 1.807) is 33.1 Å². The molecule has 0 aliphatic heterocycles. The van der Waals surface area contributed by atoms with Crippen LogP contribution in [0.15, 0.2) is 42.5 Å². The van der Waals surface area contributed by atoms with E-state index < -0.39 is 0 Å². The molecule has 0 heterocycles. The molecule has 152 valence electrons. The van der Waals surface area contributed by atoms with Gasteiger partial charge in [-0.15, -0.1) is 11.8 Å².